The minimum absolute atomic E-state index is 0.129. The summed E-state index contributed by atoms with van der Waals surface area (Å²) in [5.41, 5.74) is 0.947. The molecule has 0 spiro atoms. The van der Waals surface area contributed by atoms with Gasteiger partial charge in [0, 0.05) is 25.8 Å². The predicted molar refractivity (Wildman–Crippen MR) is 63.3 cm³/mol. The van der Waals surface area contributed by atoms with Crippen molar-refractivity contribution in [1.82, 2.24) is 15.2 Å². The summed E-state index contributed by atoms with van der Waals surface area (Å²) in [4.78, 5) is 17.8. The molecule has 0 aromatic carbocycles. The van der Waals surface area contributed by atoms with Gasteiger partial charge in [0.15, 0.2) is 0 Å². The highest BCUT2D eigenvalue weighted by Gasteiger charge is 2.15. The van der Waals surface area contributed by atoms with Crippen molar-refractivity contribution < 1.29 is 9.53 Å². The zero-order valence-corrected chi connectivity index (χ0v) is 9.76. The first-order valence-electron chi connectivity index (χ1n) is 5.82. The lowest BCUT2D eigenvalue weighted by Gasteiger charge is -2.26. The maximum atomic E-state index is 11.8. The van der Waals surface area contributed by atoms with Gasteiger partial charge in [0.2, 0.25) is 5.91 Å². The van der Waals surface area contributed by atoms with Crippen LogP contribution in [0.15, 0.2) is 24.4 Å². The second-order valence-electron chi connectivity index (χ2n) is 3.92. The van der Waals surface area contributed by atoms with Crippen molar-refractivity contribution in [2.75, 3.05) is 32.8 Å². The number of carbonyl (C=O) groups is 1. The largest absolute Gasteiger partial charge is 0.378 e. The van der Waals surface area contributed by atoms with Crippen LogP contribution in [-0.2, 0) is 16.1 Å². The summed E-state index contributed by atoms with van der Waals surface area (Å²) in [6.45, 7) is 3.67. The van der Waals surface area contributed by atoms with Gasteiger partial charge in [-0.05, 0) is 12.1 Å². The van der Waals surface area contributed by atoms with Crippen LogP contribution in [0.1, 0.15) is 5.69 Å². The summed E-state index contributed by atoms with van der Waals surface area (Å²) in [6.07, 6.45) is 1.75. The quantitative estimate of drug-likeness (QED) is 0.800. The van der Waals surface area contributed by atoms with E-state index in [4.69, 9.17) is 4.74 Å². The topological polar surface area (TPSA) is 54.5 Å². The molecule has 2 rings (SSSR count). The molecule has 2 heterocycles. The lowest BCUT2D eigenvalue weighted by molar-refractivity contribution is -0.134. The minimum atomic E-state index is 0.129. The lowest BCUT2D eigenvalue weighted by atomic mass is 10.3. The molecule has 17 heavy (non-hydrogen) atoms. The Bertz CT molecular complexity index is 350. The average molecular weight is 235 g/mol. The van der Waals surface area contributed by atoms with Crippen LogP contribution in [-0.4, -0.2) is 48.6 Å². The van der Waals surface area contributed by atoms with Gasteiger partial charge in [-0.15, -0.1) is 0 Å². The fourth-order valence-corrected chi connectivity index (χ4v) is 1.72. The molecule has 1 N–H and O–H groups in total. The number of nitrogens with one attached hydrogen (secondary N) is 1. The third kappa shape index (κ3) is 3.80. The van der Waals surface area contributed by atoms with Crippen LogP contribution in [0, 0.1) is 0 Å². The van der Waals surface area contributed by atoms with Gasteiger partial charge in [-0.25, -0.2) is 0 Å². The summed E-state index contributed by atoms with van der Waals surface area (Å²) in [5.74, 6) is 0.129. The second kappa shape index (κ2) is 6.32. The second-order valence-corrected chi connectivity index (χ2v) is 3.92. The smallest absolute Gasteiger partial charge is 0.236 e. The van der Waals surface area contributed by atoms with Crippen molar-refractivity contribution in [3.63, 3.8) is 0 Å². The first-order chi connectivity index (χ1) is 8.36. The number of aromatic nitrogens is 1. The molecule has 0 saturated carbocycles. The third-order valence-corrected chi connectivity index (χ3v) is 2.67. The highest BCUT2D eigenvalue weighted by Crippen LogP contribution is 1.97. The maximum absolute atomic E-state index is 11.8. The molecule has 0 radical (unpaired) electrons. The highest BCUT2D eigenvalue weighted by atomic mass is 16.5. The monoisotopic (exact) mass is 235 g/mol. The molecule has 1 aliphatic rings. The summed E-state index contributed by atoms with van der Waals surface area (Å²) >= 11 is 0. The number of amides is 1. The lowest BCUT2D eigenvalue weighted by Crippen LogP contribution is -2.44. The van der Waals surface area contributed by atoms with Crippen LogP contribution in [0.2, 0.25) is 0 Å². The van der Waals surface area contributed by atoms with Crippen LogP contribution in [0.4, 0.5) is 0 Å². The van der Waals surface area contributed by atoms with E-state index in [-0.39, 0.29) is 5.91 Å². The Morgan fingerprint density at radius 2 is 2.24 bits per heavy atom. The van der Waals surface area contributed by atoms with Gasteiger partial charge in [0.05, 0.1) is 25.5 Å². The van der Waals surface area contributed by atoms with Crippen LogP contribution in [0.5, 0.6) is 0 Å². The number of hydrogen-bond acceptors (Lipinski definition) is 4. The van der Waals surface area contributed by atoms with Crippen molar-refractivity contribution in [1.29, 1.82) is 0 Å². The molecule has 1 saturated heterocycles. The van der Waals surface area contributed by atoms with E-state index in [0.29, 0.717) is 39.4 Å². The van der Waals surface area contributed by atoms with Crippen LogP contribution in [0.25, 0.3) is 0 Å². The summed E-state index contributed by atoms with van der Waals surface area (Å²) < 4.78 is 5.20. The van der Waals surface area contributed by atoms with Crippen LogP contribution >= 0.6 is 0 Å². The molecule has 1 amide bonds. The van der Waals surface area contributed by atoms with E-state index in [0.717, 1.165) is 5.69 Å². The molecule has 0 aliphatic carbocycles. The van der Waals surface area contributed by atoms with E-state index in [2.05, 4.69) is 10.3 Å². The van der Waals surface area contributed by atoms with Crippen LogP contribution in [0.3, 0.4) is 0 Å². The van der Waals surface area contributed by atoms with E-state index in [1.807, 2.05) is 23.1 Å². The molecular weight excluding hydrogens is 218 g/mol. The zero-order valence-electron chi connectivity index (χ0n) is 9.76. The predicted octanol–water partition coefficient (Wildman–Crippen LogP) is 0.0300. The fourth-order valence-electron chi connectivity index (χ4n) is 1.72. The molecule has 1 fully saturated rings. The number of pyridine rings is 1. The van der Waals surface area contributed by atoms with Crippen molar-refractivity contribution in [2.24, 2.45) is 0 Å². The van der Waals surface area contributed by atoms with E-state index in [1.54, 1.807) is 6.20 Å². The van der Waals surface area contributed by atoms with Gasteiger partial charge in [0.1, 0.15) is 0 Å². The highest BCUT2D eigenvalue weighted by molar-refractivity contribution is 5.78. The standard InChI is InChI=1S/C12H17N3O2/c16-12(15-5-7-17-8-6-15)10-13-9-11-3-1-2-4-14-11/h1-4,13H,5-10H2. The maximum Gasteiger partial charge on any atom is 0.236 e. The Hall–Kier alpha value is -1.46. The Morgan fingerprint density at radius 3 is 2.94 bits per heavy atom. The van der Waals surface area contributed by atoms with Gasteiger partial charge in [-0.2, -0.15) is 0 Å². The Balaban J connectivity index is 1.69. The Kier molecular flexibility index (Phi) is 4.46. The number of rotatable bonds is 4. The van der Waals surface area contributed by atoms with Crippen molar-refractivity contribution >= 4 is 5.91 Å². The molecule has 0 unspecified atom stereocenters. The molecular formula is C12H17N3O2. The summed E-state index contributed by atoms with van der Waals surface area (Å²) in [5, 5.41) is 3.10. The molecule has 1 aromatic rings. The van der Waals surface area contributed by atoms with Gasteiger partial charge in [-0.3, -0.25) is 9.78 Å². The Labute approximate surface area is 101 Å². The van der Waals surface area contributed by atoms with Gasteiger partial charge >= 0.3 is 0 Å². The number of morpholine rings is 1. The molecule has 1 aliphatic heterocycles. The van der Waals surface area contributed by atoms with Crippen molar-refractivity contribution in [3.8, 4) is 0 Å². The first kappa shape index (κ1) is 12.0. The fraction of sp³-hybridized carbons (Fsp3) is 0.500. The normalized spacial score (nSPS) is 15.9. The summed E-state index contributed by atoms with van der Waals surface area (Å²) in [6, 6.07) is 5.75. The van der Waals surface area contributed by atoms with Crippen molar-refractivity contribution in [2.45, 2.75) is 6.54 Å². The molecule has 5 heteroatoms. The molecule has 0 bridgehead atoms. The minimum Gasteiger partial charge on any atom is -0.378 e. The van der Waals surface area contributed by atoms with E-state index < -0.39 is 0 Å². The molecule has 92 valence electrons. The average Bonchev–Trinajstić information content (AvgIpc) is 2.41. The van der Waals surface area contributed by atoms with Crippen LogP contribution < -0.4 is 5.32 Å². The van der Waals surface area contributed by atoms with E-state index in [9.17, 15) is 4.79 Å². The zero-order chi connectivity index (χ0) is 11.9. The van der Waals surface area contributed by atoms with Gasteiger partial charge in [-0.1, -0.05) is 6.07 Å². The molecule has 5 nitrogen and oxygen atoms in total. The Morgan fingerprint density at radius 1 is 1.41 bits per heavy atom. The number of nitrogens with zero attached hydrogens (tertiary/aromatic N) is 2. The van der Waals surface area contributed by atoms with E-state index >= 15 is 0 Å². The number of ether oxygens (including phenoxy) is 1. The third-order valence-electron chi connectivity index (χ3n) is 2.67. The van der Waals surface area contributed by atoms with E-state index in [1.165, 1.54) is 0 Å². The van der Waals surface area contributed by atoms with Gasteiger partial charge in [0.25, 0.3) is 0 Å². The number of hydrogen-bond donors (Lipinski definition) is 1. The summed E-state index contributed by atoms with van der Waals surface area (Å²) in [7, 11) is 0. The molecule has 0 atom stereocenters. The number of carbonyl (C=O) groups excluding carboxylic acids is 1. The molecule has 1 aromatic heterocycles. The first-order valence-corrected chi connectivity index (χ1v) is 5.82. The van der Waals surface area contributed by atoms with Gasteiger partial charge < -0.3 is 15.0 Å². The SMILES string of the molecule is O=C(CNCc1ccccn1)N1CCOCC1. The van der Waals surface area contributed by atoms with Crippen molar-refractivity contribution in [3.05, 3.63) is 30.1 Å².